The number of aromatic nitrogens is 3. The Hall–Kier alpha value is -1.73. The van der Waals surface area contributed by atoms with Gasteiger partial charge in [0.25, 0.3) is 0 Å². The Labute approximate surface area is 144 Å². The molecule has 1 aromatic carbocycles. The highest BCUT2D eigenvalue weighted by Crippen LogP contribution is 2.26. The molecule has 1 atom stereocenters. The lowest BCUT2D eigenvalue weighted by Gasteiger charge is -2.15. The summed E-state index contributed by atoms with van der Waals surface area (Å²) in [7, 11) is 1.36. The smallest absolute Gasteiger partial charge is 0.316 e. The van der Waals surface area contributed by atoms with Gasteiger partial charge >= 0.3 is 5.97 Å². The second-order valence-corrected chi connectivity index (χ2v) is 6.05. The standard InChI is InChI=1S/C15H18ClN3O3S/c1-4-19-14(17-18-15(19)23-9-13(20)21-3)10(2)22-12-7-5-6-11(16)8-12/h5-8,10H,4,9H2,1-3H3. The fraction of sp³-hybridized carbons (Fsp3) is 0.400. The lowest BCUT2D eigenvalue weighted by atomic mass is 10.3. The molecule has 0 spiro atoms. The zero-order valence-corrected chi connectivity index (χ0v) is 14.7. The van der Waals surface area contributed by atoms with Crippen molar-refractivity contribution in [3.63, 3.8) is 0 Å². The van der Waals surface area contributed by atoms with Crippen molar-refractivity contribution in [1.29, 1.82) is 0 Å². The number of hydrogen-bond acceptors (Lipinski definition) is 6. The zero-order valence-electron chi connectivity index (χ0n) is 13.2. The topological polar surface area (TPSA) is 66.2 Å². The molecule has 0 saturated heterocycles. The van der Waals surface area contributed by atoms with Crippen molar-refractivity contribution >= 4 is 29.3 Å². The number of nitrogens with zero attached hydrogens (tertiary/aromatic N) is 3. The average Bonchev–Trinajstić information content (AvgIpc) is 2.95. The minimum absolute atomic E-state index is 0.193. The molecule has 1 unspecified atom stereocenters. The van der Waals surface area contributed by atoms with Crippen LogP contribution in [0, 0.1) is 0 Å². The van der Waals surface area contributed by atoms with Gasteiger partial charge in [-0.15, -0.1) is 10.2 Å². The van der Waals surface area contributed by atoms with Crippen LogP contribution in [0.4, 0.5) is 0 Å². The Morgan fingerprint density at radius 1 is 1.43 bits per heavy atom. The summed E-state index contributed by atoms with van der Waals surface area (Å²) in [5.41, 5.74) is 0. The van der Waals surface area contributed by atoms with E-state index in [1.165, 1.54) is 18.9 Å². The van der Waals surface area contributed by atoms with Gasteiger partial charge in [-0.25, -0.2) is 0 Å². The molecule has 2 aromatic rings. The first-order chi connectivity index (χ1) is 11.0. The lowest BCUT2D eigenvalue weighted by molar-refractivity contribution is -0.137. The van der Waals surface area contributed by atoms with E-state index >= 15 is 0 Å². The Morgan fingerprint density at radius 2 is 2.22 bits per heavy atom. The van der Waals surface area contributed by atoms with Crippen molar-refractivity contribution in [1.82, 2.24) is 14.8 Å². The number of benzene rings is 1. The number of esters is 1. The van der Waals surface area contributed by atoms with Gasteiger partial charge in [-0.05, 0) is 32.0 Å². The fourth-order valence-electron chi connectivity index (χ4n) is 1.98. The van der Waals surface area contributed by atoms with Gasteiger partial charge in [-0.2, -0.15) is 0 Å². The van der Waals surface area contributed by atoms with E-state index in [0.717, 1.165) is 0 Å². The molecule has 0 bridgehead atoms. The predicted molar refractivity (Wildman–Crippen MR) is 88.9 cm³/mol. The number of ether oxygens (including phenoxy) is 2. The van der Waals surface area contributed by atoms with Crippen molar-refractivity contribution in [3.8, 4) is 5.75 Å². The maximum Gasteiger partial charge on any atom is 0.316 e. The van der Waals surface area contributed by atoms with E-state index in [-0.39, 0.29) is 17.8 Å². The molecule has 0 fully saturated rings. The van der Waals surface area contributed by atoms with E-state index in [2.05, 4.69) is 14.9 Å². The summed E-state index contributed by atoms with van der Waals surface area (Å²) < 4.78 is 12.4. The normalized spacial score (nSPS) is 12.0. The number of carbonyl (C=O) groups is 1. The number of halogens is 1. The van der Waals surface area contributed by atoms with Gasteiger partial charge in [-0.1, -0.05) is 29.4 Å². The molecule has 0 amide bonds. The summed E-state index contributed by atoms with van der Waals surface area (Å²) in [6, 6.07) is 7.20. The van der Waals surface area contributed by atoms with Crippen LogP contribution < -0.4 is 4.74 Å². The molecule has 1 aromatic heterocycles. The van der Waals surface area contributed by atoms with Gasteiger partial charge in [0.15, 0.2) is 17.1 Å². The van der Waals surface area contributed by atoms with E-state index in [1.807, 2.05) is 30.5 Å². The van der Waals surface area contributed by atoms with Crippen LogP contribution in [0.25, 0.3) is 0 Å². The molecule has 8 heteroatoms. The molecule has 124 valence electrons. The van der Waals surface area contributed by atoms with Crippen molar-refractivity contribution in [3.05, 3.63) is 35.1 Å². The van der Waals surface area contributed by atoms with Crippen LogP contribution >= 0.6 is 23.4 Å². The highest BCUT2D eigenvalue weighted by atomic mass is 35.5. The fourth-order valence-corrected chi connectivity index (χ4v) is 3.01. The molecule has 0 saturated carbocycles. The molecule has 0 N–H and O–H groups in total. The minimum atomic E-state index is -0.301. The van der Waals surface area contributed by atoms with Crippen LogP contribution in [0.15, 0.2) is 29.4 Å². The van der Waals surface area contributed by atoms with E-state index in [9.17, 15) is 4.79 Å². The first kappa shape index (κ1) is 17.6. The van der Waals surface area contributed by atoms with E-state index in [1.54, 1.807) is 12.1 Å². The maximum atomic E-state index is 11.3. The van der Waals surface area contributed by atoms with E-state index in [0.29, 0.717) is 28.3 Å². The van der Waals surface area contributed by atoms with Crippen LogP contribution in [0.1, 0.15) is 25.8 Å². The molecular formula is C15H18ClN3O3S. The first-order valence-corrected chi connectivity index (χ1v) is 8.46. The summed E-state index contributed by atoms with van der Waals surface area (Å²) in [5, 5.41) is 9.60. The van der Waals surface area contributed by atoms with Crippen LogP contribution in [-0.4, -0.2) is 33.6 Å². The van der Waals surface area contributed by atoms with Crippen LogP contribution in [0.3, 0.4) is 0 Å². The number of carbonyl (C=O) groups excluding carboxylic acids is 1. The molecule has 0 aliphatic rings. The molecule has 23 heavy (non-hydrogen) atoms. The third-order valence-electron chi connectivity index (χ3n) is 3.08. The second kappa shape index (κ2) is 8.21. The summed E-state index contributed by atoms with van der Waals surface area (Å²) >= 11 is 7.25. The minimum Gasteiger partial charge on any atom is -0.483 e. The predicted octanol–water partition coefficient (Wildman–Crippen LogP) is 3.36. The van der Waals surface area contributed by atoms with Crippen LogP contribution in [0.5, 0.6) is 5.75 Å². The van der Waals surface area contributed by atoms with E-state index in [4.69, 9.17) is 16.3 Å². The Bertz CT molecular complexity index is 678. The summed E-state index contributed by atoms with van der Waals surface area (Å²) in [5.74, 6) is 1.25. The third-order valence-corrected chi connectivity index (χ3v) is 4.26. The lowest BCUT2D eigenvalue weighted by Crippen LogP contribution is -2.12. The van der Waals surface area contributed by atoms with Crippen LogP contribution in [-0.2, 0) is 16.1 Å². The van der Waals surface area contributed by atoms with Gasteiger partial charge in [0.1, 0.15) is 5.75 Å². The number of methoxy groups -OCH3 is 1. The third kappa shape index (κ3) is 4.62. The highest BCUT2D eigenvalue weighted by molar-refractivity contribution is 7.99. The van der Waals surface area contributed by atoms with E-state index < -0.39 is 0 Å². The molecule has 0 aliphatic carbocycles. The quantitative estimate of drug-likeness (QED) is 0.560. The Balaban J connectivity index is 2.12. The number of rotatable bonds is 7. The first-order valence-electron chi connectivity index (χ1n) is 7.10. The summed E-state index contributed by atoms with van der Waals surface area (Å²) in [4.78, 5) is 11.3. The SMILES string of the molecule is CCn1c(SCC(=O)OC)nnc1C(C)Oc1cccc(Cl)c1. The monoisotopic (exact) mass is 355 g/mol. The van der Waals surface area contributed by atoms with Crippen molar-refractivity contribution < 1.29 is 14.3 Å². The van der Waals surface area contributed by atoms with Gasteiger partial charge in [0, 0.05) is 11.6 Å². The maximum absolute atomic E-state index is 11.3. The molecule has 6 nitrogen and oxygen atoms in total. The molecule has 2 rings (SSSR count). The van der Waals surface area contributed by atoms with Crippen molar-refractivity contribution in [2.75, 3.05) is 12.9 Å². The molecular weight excluding hydrogens is 338 g/mol. The van der Waals surface area contributed by atoms with Crippen molar-refractivity contribution in [2.45, 2.75) is 31.7 Å². The van der Waals surface area contributed by atoms with Gasteiger partial charge < -0.3 is 14.0 Å². The average molecular weight is 356 g/mol. The highest BCUT2D eigenvalue weighted by Gasteiger charge is 2.19. The van der Waals surface area contributed by atoms with Gasteiger partial charge in [0.05, 0.1) is 12.9 Å². The van der Waals surface area contributed by atoms with Gasteiger partial charge in [-0.3, -0.25) is 4.79 Å². The molecule has 0 aliphatic heterocycles. The van der Waals surface area contributed by atoms with Crippen molar-refractivity contribution in [2.24, 2.45) is 0 Å². The Kier molecular flexibility index (Phi) is 6.29. The summed E-state index contributed by atoms with van der Waals surface area (Å²) in [6.45, 7) is 4.56. The molecule has 1 heterocycles. The largest absolute Gasteiger partial charge is 0.483 e. The molecule has 0 radical (unpaired) electrons. The number of thioether (sulfide) groups is 1. The number of hydrogen-bond donors (Lipinski definition) is 0. The van der Waals surface area contributed by atoms with Gasteiger partial charge in [0.2, 0.25) is 0 Å². The van der Waals surface area contributed by atoms with Crippen LogP contribution in [0.2, 0.25) is 5.02 Å². The second-order valence-electron chi connectivity index (χ2n) is 4.67. The zero-order chi connectivity index (χ0) is 16.8. The summed E-state index contributed by atoms with van der Waals surface area (Å²) in [6.07, 6.45) is -0.298. The Morgan fingerprint density at radius 3 is 2.87 bits per heavy atom.